The Hall–Kier alpha value is -1.22. The fourth-order valence-electron chi connectivity index (χ4n) is 2.05. The van der Waals surface area contributed by atoms with Crippen molar-refractivity contribution in [2.75, 3.05) is 18.4 Å². The highest BCUT2D eigenvalue weighted by atomic mass is 79.9. The Kier molecular flexibility index (Phi) is 5.96. The van der Waals surface area contributed by atoms with E-state index in [1.54, 1.807) is 38.1 Å². The molecular weight excluding hydrogens is 400 g/mol. The molecule has 1 amide bonds. The fourth-order valence-corrected chi connectivity index (χ4v) is 4.79. The molecule has 0 aliphatic heterocycles. The van der Waals surface area contributed by atoms with E-state index in [1.807, 2.05) is 0 Å². The summed E-state index contributed by atoms with van der Waals surface area (Å²) >= 11 is 4.65. The molecule has 124 valence electrons. The van der Waals surface area contributed by atoms with Crippen LogP contribution in [0.2, 0.25) is 0 Å². The minimum atomic E-state index is -3.48. The van der Waals surface area contributed by atoms with Gasteiger partial charge >= 0.3 is 0 Å². The number of carbonyl (C=O) groups excluding carboxylic acids is 1. The summed E-state index contributed by atoms with van der Waals surface area (Å²) < 4.78 is 27.0. The van der Waals surface area contributed by atoms with Crippen molar-refractivity contribution in [2.45, 2.75) is 18.7 Å². The monoisotopic (exact) mass is 416 g/mol. The van der Waals surface area contributed by atoms with E-state index in [2.05, 4.69) is 21.2 Å². The number of benzene rings is 1. The van der Waals surface area contributed by atoms with Crippen molar-refractivity contribution < 1.29 is 13.2 Å². The average molecular weight is 417 g/mol. The number of amides is 1. The number of nitrogens with one attached hydrogen (secondary N) is 1. The molecule has 0 radical (unpaired) electrons. The van der Waals surface area contributed by atoms with Crippen LogP contribution in [0.25, 0.3) is 0 Å². The number of thiophene rings is 1. The van der Waals surface area contributed by atoms with Crippen molar-refractivity contribution in [2.24, 2.45) is 0 Å². The van der Waals surface area contributed by atoms with Gasteiger partial charge in [-0.3, -0.25) is 4.79 Å². The largest absolute Gasteiger partial charge is 0.321 e. The number of carbonyl (C=O) groups is 1. The van der Waals surface area contributed by atoms with Gasteiger partial charge < -0.3 is 5.32 Å². The zero-order chi connectivity index (χ0) is 17.0. The first-order chi connectivity index (χ1) is 10.9. The molecule has 1 heterocycles. The Labute approximate surface area is 148 Å². The van der Waals surface area contributed by atoms with Crippen LogP contribution in [-0.2, 0) is 10.0 Å². The van der Waals surface area contributed by atoms with Crippen molar-refractivity contribution in [3.05, 3.63) is 45.1 Å². The smallest absolute Gasteiger partial charge is 0.265 e. The van der Waals surface area contributed by atoms with Crippen molar-refractivity contribution >= 4 is 48.9 Å². The SMILES string of the molecule is CCN(CC)S(=O)(=O)c1ccc(NC(=O)c2ccc(Br)s2)cc1. The summed E-state index contributed by atoms with van der Waals surface area (Å²) in [5, 5.41) is 2.75. The lowest BCUT2D eigenvalue weighted by atomic mass is 10.3. The molecule has 0 saturated carbocycles. The maximum Gasteiger partial charge on any atom is 0.265 e. The Balaban J connectivity index is 2.15. The number of hydrogen-bond acceptors (Lipinski definition) is 4. The normalized spacial score (nSPS) is 11.7. The molecule has 0 unspecified atom stereocenters. The van der Waals surface area contributed by atoms with Crippen LogP contribution in [0.3, 0.4) is 0 Å². The van der Waals surface area contributed by atoms with Gasteiger partial charge in [0, 0.05) is 18.8 Å². The number of hydrogen-bond donors (Lipinski definition) is 1. The van der Waals surface area contributed by atoms with Crippen LogP contribution >= 0.6 is 27.3 Å². The molecule has 8 heteroatoms. The number of anilines is 1. The van der Waals surface area contributed by atoms with E-state index >= 15 is 0 Å². The molecule has 0 bridgehead atoms. The summed E-state index contributed by atoms with van der Waals surface area (Å²) in [5.41, 5.74) is 0.554. The molecule has 1 aromatic heterocycles. The van der Waals surface area contributed by atoms with Gasteiger partial charge in [-0.05, 0) is 52.3 Å². The first-order valence-electron chi connectivity index (χ1n) is 7.05. The molecule has 1 aromatic carbocycles. The third-order valence-electron chi connectivity index (χ3n) is 3.25. The van der Waals surface area contributed by atoms with Gasteiger partial charge in [0.15, 0.2) is 0 Å². The standard InChI is InChI=1S/C15H17BrN2O3S2/c1-3-18(4-2)23(20,21)12-7-5-11(6-8-12)17-15(19)13-9-10-14(16)22-13/h5-10H,3-4H2,1-2H3,(H,17,19). The molecular formula is C15H17BrN2O3S2. The molecule has 0 spiro atoms. The van der Waals surface area contributed by atoms with Gasteiger partial charge in [-0.2, -0.15) is 4.31 Å². The summed E-state index contributed by atoms with van der Waals surface area (Å²) in [4.78, 5) is 12.9. The molecule has 2 rings (SSSR count). The van der Waals surface area contributed by atoms with Gasteiger partial charge in [-0.15, -0.1) is 11.3 Å². The summed E-state index contributed by atoms with van der Waals surface area (Å²) in [6, 6.07) is 9.73. The number of sulfonamides is 1. The van der Waals surface area contributed by atoms with Crippen LogP contribution in [-0.4, -0.2) is 31.7 Å². The van der Waals surface area contributed by atoms with Gasteiger partial charge in [-0.25, -0.2) is 8.42 Å². The summed E-state index contributed by atoms with van der Waals surface area (Å²) in [6.45, 7) is 4.44. The van der Waals surface area contributed by atoms with Crippen molar-refractivity contribution in [1.29, 1.82) is 0 Å². The molecule has 1 N–H and O–H groups in total. The lowest BCUT2D eigenvalue weighted by Crippen LogP contribution is -2.30. The highest BCUT2D eigenvalue weighted by Gasteiger charge is 2.21. The number of halogens is 1. The predicted octanol–water partition coefficient (Wildman–Crippen LogP) is 3.79. The van der Waals surface area contributed by atoms with Crippen molar-refractivity contribution in [1.82, 2.24) is 4.31 Å². The van der Waals surface area contributed by atoms with E-state index in [-0.39, 0.29) is 10.8 Å². The maximum atomic E-state index is 12.4. The van der Waals surface area contributed by atoms with Crippen molar-refractivity contribution in [3.8, 4) is 0 Å². The van der Waals surface area contributed by atoms with Gasteiger partial charge in [0.2, 0.25) is 10.0 Å². The second-order valence-electron chi connectivity index (χ2n) is 4.67. The molecule has 2 aromatic rings. The quantitative estimate of drug-likeness (QED) is 0.778. The lowest BCUT2D eigenvalue weighted by molar-refractivity contribution is 0.103. The average Bonchev–Trinajstić information content (AvgIpc) is 2.95. The van der Waals surface area contributed by atoms with Gasteiger partial charge in [-0.1, -0.05) is 13.8 Å². The highest BCUT2D eigenvalue weighted by Crippen LogP contribution is 2.23. The van der Waals surface area contributed by atoms with E-state index in [4.69, 9.17) is 0 Å². The third kappa shape index (κ3) is 4.20. The third-order valence-corrected chi connectivity index (χ3v) is 6.94. The molecule has 0 atom stereocenters. The van der Waals surface area contributed by atoms with Crippen LogP contribution < -0.4 is 5.32 Å². The van der Waals surface area contributed by atoms with E-state index in [0.717, 1.165) is 3.79 Å². The predicted molar refractivity (Wildman–Crippen MR) is 96.5 cm³/mol. The van der Waals surface area contributed by atoms with Gasteiger partial charge in [0.05, 0.1) is 13.6 Å². The zero-order valence-corrected chi connectivity index (χ0v) is 16.0. The zero-order valence-electron chi connectivity index (χ0n) is 12.7. The second-order valence-corrected chi connectivity index (χ2v) is 9.07. The Morgan fingerprint density at radius 3 is 2.22 bits per heavy atom. The van der Waals surface area contributed by atoms with Crippen LogP contribution in [0.4, 0.5) is 5.69 Å². The van der Waals surface area contributed by atoms with Crippen LogP contribution in [0.1, 0.15) is 23.5 Å². The van der Waals surface area contributed by atoms with E-state index < -0.39 is 10.0 Å². The highest BCUT2D eigenvalue weighted by molar-refractivity contribution is 9.11. The summed E-state index contributed by atoms with van der Waals surface area (Å²) in [6.07, 6.45) is 0. The van der Waals surface area contributed by atoms with Crippen molar-refractivity contribution in [3.63, 3.8) is 0 Å². The van der Waals surface area contributed by atoms with E-state index in [0.29, 0.717) is 23.7 Å². The summed E-state index contributed by atoms with van der Waals surface area (Å²) in [7, 11) is -3.48. The van der Waals surface area contributed by atoms with Crippen LogP contribution in [0, 0.1) is 0 Å². The topological polar surface area (TPSA) is 66.5 Å². The number of nitrogens with zero attached hydrogens (tertiary/aromatic N) is 1. The van der Waals surface area contributed by atoms with Gasteiger partial charge in [0.25, 0.3) is 5.91 Å². The first-order valence-corrected chi connectivity index (χ1v) is 10.1. The Bertz CT molecular complexity index is 781. The van der Waals surface area contributed by atoms with Crippen LogP contribution in [0.5, 0.6) is 0 Å². The number of rotatable bonds is 6. The maximum absolute atomic E-state index is 12.4. The molecule has 0 saturated heterocycles. The Morgan fingerprint density at radius 2 is 1.74 bits per heavy atom. The molecule has 5 nitrogen and oxygen atoms in total. The molecule has 0 aliphatic rings. The molecule has 23 heavy (non-hydrogen) atoms. The molecule has 0 aliphatic carbocycles. The minimum absolute atomic E-state index is 0.220. The van der Waals surface area contributed by atoms with Gasteiger partial charge in [0.1, 0.15) is 0 Å². The van der Waals surface area contributed by atoms with E-state index in [1.165, 1.54) is 27.8 Å². The summed E-state index contributed by atoms with van der Waals surface area (Å²) in [5.74, 6) is -0.222. The fraction of sp³-hybridized carbons (Fsp3) is 0.267. The second kappa shape index (κ2) is 7.57. The van der Waals surface area contributed by atoms with Crippen LogP contribution in [0.15, 0.2) is 45.1 Å². The lowest BCUT2D eigenvalue weighted by Gasteiger charge is -2.18. The first kappa shape index (κ1) is 18.1. The Morgan fingerprint density at radius 1 is 1.13 bits per heavy atom. The molecule has 0 fully saturated rings. The van der Waals surface area contributed by atoms with E-state index in [9.17, 15) is 13.2 Å². The minimum Gasteiger partial charge on any atom is -0.321 e.